The Balaban J connectivity index is 2.03. The van der Waals surface area contributed by atoms with E-state index in [9.17, 15) is 13.2 Å². The second-order valence-electron chi connectivity index (χ2n) is 5.88. The molecular formula is C16H20N2O4S2. The Morgan fingerprint density at radius 3 is 2.83 bits per heavy atom. The Labute approximate surface area is 146 Å². The topological polar surface area (TPSA) is 76.0 Å². The summed E-state index contributed by atoms with van der Waals surface area (Å²) in [5.41, 5.74) is 0.750. The average Bonchev–Trinajstić information content (AvgIpc) is 2.98. The zero-order valence-electron chi connectivity index (χ0n) is 13.6. The number of anilines is 1. The molecule has 2 fully saturated rings. The summed E-state index contributed by atoms with van der Waals surface area (Å²) < 4.78 is 29.5. The molecule has 1 aromatic carbocycles. The molecule has 2 atom stereocenters. The Kier molecular flexibility index (Phi) is 4.87. The maximum absolute atomic E-state index is 12.0. The van der Waals surface area contributed by atoms with Gasteiger partial charge in [-0.05, 0) is 18.6 Å². The molecule has 6 nitrogen and oxygen atoms in total. The van der Waals surface area contributed by atoms with E-state index in [2.05, 4.69) is 4.99 Å². The molecule has 0 radical (unpaired) electrons. The predicted molar refractivity (Wildman–Crippen MR) is 96.6 cm³/mol. The van der Waals surface area contributed by atoms with Crippen LogP contribution in [0.4, 0.5) is 5.69 Å². The molecule has 0 unspecified atom stereocenters. The molecule has 0 saturated carbocycles. The van der Waals surface area contributed by atoms with E-state index in [1.54, 1.807) is 7.11 Å². The Hall–Kier alpha value is -1.54. The molecule has 1 amide bonds. The lowest BCUT2D eigenvalue weighted by Gasteiger charge is -2.26. The second-order valence-corrected chi connectivity index (χ2v) is 9.24. The minimum atomic E-state index is -3.07. The van der Waals surface area contributed by atoms with Crippen LogP contribution in [0.25, 0.3) is 0 Å². The van der Waals surface area contributed by atoms with Crippen molar-refractivity contribution in [3.63, 3.8) is 0 Å². The van der Waals surface area contributed by atoms with Gasteiger partial charge in [-0.25, -0.2) is 8.42 Å². The lowest BCUT2D eigenvalue weighted by atomic mass is 10.2. The van der Waals surface area contributed by atoms with Crippen molar-refractivity contribution < 1.29 is 17.9 Å². The molecule has 0 aromatic heterocycles. The largest absolute Gasteiger partial charge is 0.495 e. The van der Waals surface area contributed by atoms with Crippen molar-refractivity contribution in [3.05, 3.63) is 24.3 Å². The number of benzene rings is 1. The van der Waals surface area contributed by atoms with Gasteiger partial charge >= 0.3 is 0 Å². The number of amidine groups is 1. The number of thioether (sulfide) groups is 1. The number of aliphatic imine (C=N–C) groups is 1. The molecule has 0 bridgehead atoms. The summed E-state index contributed by atoms with van der Waals surface area (Å²) in [5, 5.41) is 0.468. The Bertz CT molecular complexity index is 776. The first-order valence-electron chi connectivity index (χ1n) is 7.86. The molecule has 1 aromatic rings. The first-order valence-corrected chi connectivity index (χ1v) is 10.6. The Morgan fingerprint density at radius 1 is 1.38 bits per heavy atom. The van der Waals surface area contributed by atoms with Crippen molar-refractivity contribution in [1.82, 2.24) is 0 Å². The number of para-hydroxylation sites is 2. The summed E-state index contributed by atoms with van der Waals surface area (Å²) in [4.78, 5) is 18.1. The Morgan fingerprint density at radius 2 is 2.12 bits per heavy atom. The van der Waals surface area contributed by atoms with Crippen LogP contribution in [0.5, 0.6) is 5.75 Å². The van der Waals surface area contributed by atoms with Crippen LogP contribution in [0, 0.1) is 0 Å². The van der Waals surface area contributed by atoms with Gasteiger partial charge in [-0.15, -0.1) is 0 Å². The van der Waals surface area contributed by atoms with Crippen molar-refractivity contribution >= 4 is 38.4 Å². The fourth-order valence-corrected chi connectivity index (χ4v) is 6.98. The van der Waals surface area contributed by atoms with Gasteiger partial charge in [0, 0.05) is 11.7 Å². The number of rotatable bonds is 4. The number of fused-ring (bicyclic) bond motifs is 1. The lowest BCUT2D eigenvalue weighted by Crippen LogP contribution is -2.38. The quantitative estimate of drug-likeness (QED) is 0.810. The molecular weight excluding hydrogens is 348 g/mol. The highest BCUT2D eigenvalue weighted by Crippen LogP contribution is 2.43. The van der Waals surface area contributed by atoms with Crippen LogP contribution in [0.1, 0.15) is 19.8 Å². The molecule has 3 rings (SSSR count). The SMILES string of the molecule is CCCC(=O)N=C1S[C@H]2CS(=O)(=O)C[C@H]2N1c1ccccc1OC. The zero-order chi connectivity index (χ0) is 17.3. The van der Waals surface area contributed by atoms with Crippen molar-refractivity contribution in [1.29, 1.82) is 0 Å². The number of methoxy groups -OCH3 is 1. The molecule has 2 aliphatic heterocycles. The van der Waals surface area contributed by atoms with E-state index in [0.717, 1.165) is 12.1 Å². The highest BCUT2D eigenvalue weighted by molar-refractivity contribution is 8.16. The molecule has 130 valence electrons. The van der Waals surface area contributed by atoms with E-state index in [4.69, 9.17) is 4.74 Å². The van der Waals surface area contributed by atoms with Crippen molar-refractivity contribution in [2.24, 2.45) is 4.99 Å². The van der Waals surface area contributed by atoms with E-state index in [1.807, 2.05) is 36.1 Å². The van der Waals surface area contributed by atoms with Crippen molar-refractivity contribution in [3.8, 4) is 5.75 Å². The second kappa shape index (κ2) is 6.76. The monoisotopic (exact) mass is 368 g/mol. The third-order valence-electron chi connectivity index (χ3n) is 4.10. The number of hydrogen-bond acceptors (Lipinski definition) is 5. The number of nitrogens with zero attached hydrogens (tertiary/aromatic N) is 2. The number of sulfone groups is 1. The maximum atomic E-state index is 12.0. The van der Waals surface area contributed by atoms with E-state index >= 15 is 0 Å². The van der Waals surface area contributed by atoms with E-state index < -0.39 is 9.84 Å². The maximum Gasteiger partial charge on any atom is 0.248 e. The van der Waals surface area contributed by atoms with Gasteiger partial charge in [-0.1, -0.05) is 30.8 Å². The van der Waals surface area contributed by atoms with Gasteiger partial charge in [0.15, 0.2) is 15.0 Å². The number of ether oxygens (including phenoxy) is 1. The molecule has 2 aliphatic rings. The van der Waals surface area contributed by atoms with E-state index in [1.165, 1.54) is 11.8 Å². The summed E-state index contributed by atoms with van der Waals surface area (Å²) in [6.45, 7) is 1.93. The molecule has 8 heteroatoms. The number of amides is 1. The van der Waals surface area contributed by atoms with Crippen LogP contribution < -0.4 is 9.64 Å². The number of hydrogen-bond donors (Lipinski definition) is 0. The van der Waals surface area contributed by atoms with Crippen molar-refractivity contribution in [2.75, 3.05) is 23.5 Å². The molecule has 0 N–H and O–H groups in total. The average molecular weight is 368 g/mol. The number of carbonyl (C=O) groups excluding carboxylic acids is 1. The molecule has 2 saturated heterocycles. The smallest absolute Gasteiger partial charge is 0.248 e. The van der Waals surface area contributed by atoms with Crippen LogP contribution in [-0.2, 0) is 14.6 Å². The van der Waals surface area contributed by atoms with E-state index in [-0.39, 0.29) is 28.7 Å². The predicted octanol–water partition coefficient (Wildman–Crippen LogP) is 2.10. The molecule has 0 aliphatic carbocycles. The fourth-order valence-electron chi connectivity index (χ4n) is 3.05. The highest BCUT2D eigenvalue weighted by Gasteiger charge is 2.49. The van der Waals surface area contributed by atoms with Gasteiger partial charge in [-0.3, -0.25) is 4.79 Å². The highest BCUT2D eigenvalue weighted by atomic mass is 32.2. The van der Waals surface area contributed by atoms with Crippen molar-refractivity contribution in [2.45, 2.75) is 31.1 Å². The minimum absolute atomic E-state index is 0.0731. The molecule has 24 heavy (non-hydrogen) atoms. The first kappa shape index (κ1) is 17.3. The summed E-state index contributed by atoms with van der Waals surface area (Å²) in [7, 11) is -1.50. The molecule has 0 spiro atoms. The third kappa shape index (κ3) is 3.30. The van der Waals surface area contributed by atoms with Gasteiger partial charge in [0.05, 0.1) is 30.3 Å². The van der Waals surface area contributed by atoms with Gasteiger partial charge in [0.25, 0.3) is 0 Å². The van der Waals surface area contributed by atoms with Crippen LogP contribution in [-0.4, -0.2) is 49.4 Å². The van der Waals surface area contributed by atoms with E-state index in [0.29, 0.717) is 17.3 Å². The van der Waals surface area contributed by atoms with Gasteiger partial charge < -0.3 is 9.64 Å². The zero-order valence-corrected chi connectivity index (χ0v) is 15.3. The van der Waals surface area contributed by atoms with Crippen LogP contribution in [0.2, 0.25) is 0 Å². The first-order chi connectivity index (χ1) is 11.4. The molecule has 2 heterocycles. The van der Waals surface area contributed by atoms with Gasteiger partial charge in [0.2, 0.25) is 5.91 Å². The standard InChI is InChI=1S/C16H20N2O4S2/c1-3-6-15(19)17-16-18(11-7-4-5-8-13(11)22-2)12-9-24(20,21)10-14(12)23-16/h4-5,7-8,12,14H,3,6,9-10H2,1-2H3/t12-,14+/m1/s1. The minimum Gasteiger partial charge on any atom is -0.495 e. The third-order valence-corrected chi connectivity index (χ3v) is 7.31. The summed E-state index contributed by atoms with van der Waals surface area (Å²) >= 11 is 1.38. The normalized spacial score (nSPS) is 26.6. The summed E-state index contributed by atoms with van der Waals surface area (Å²) in [6, 6.07) is 7.19. The van der Waals surface area contributed by atoms with Crippen LogP contribution in [0.15, 0.2) is 29.3 Å². The van der Waals surface area contributed by atoms with Crippen LogP contribution >= 0.6 is 11.8 Å². The summed E-state index contributed by atoms with van der Waals surface area (Å²) in [5.74, 6) is 0.653. The lowest BCUT2D eigenvalue weighted by molar-refractivity contribution is -0.117. The number of carbonyl (C=O) groups is 1. The van der Waals surface area contributed by atoms with Crippen LogP contribution in [0.3, 0.4) is 0 Å². The fraction of sp³-hybridized carbons (Fsp3) is 0.500. The summed E-state index contributed by atoms with van der Waals surface area (Å²) in [6.07, 6.45) is 1.12. The van der Waals surface area contributed by atoms with Gasteiger partial charge in [0.1, 0.15) is 5.75 Å². The van der Waals surface area contributed by atoms with Gasteiger partial charge in [-0.2, -0.15) is 4.99 Å².